The van der Waals surface area contributed by atoms with E-state index in [9.17, 15) is 4.79 Å². The summed E-state index contributed by atoms with van der Waals surface area (Å²) in [4.78, 5) is 16.3. The van der Waals surface area contributed by atoms with Gasteiger partial charge >= 0.3 is 0 Å². The van der Waals surface area contributed by atoms with Crippen LogP contribution in [0.5, 0.6) is 0 Å². The number of amides is 1. The Kier molecular flexibility index (Phi) is 4.04. The monoisotopic (exact) mass is 311 g/mol. The Morgan fingerprint density at radius 1 is 1.38 bits per heavy atom. The van der Waals surface area contributed by atoms with Crippen molar-refractivity contribution >= 4 is 17.5 Å². The SMILES string of the molecule is Cc1nc(C(C)(C)NC(=O)Cn2nc(C)c(Cl)c2C)no1. The van der Waals surface area contributed by atoms with Crippen molar-refractivity contribution in [1.29, 1.82) is 0 Å². The fourth-order valence-corrected chi connectivity index (χ4v) is 2.10. The molecule has 0 aliphatic carbocycles. The minimum absolute atomic E-state index is 0.0830. The van der Waals surface area contributed by atoms with Crippen molar-refractivity contribution in [3.05, 3.63) is 28.1 Å². The smallest absolute Gasteiger partial charge is 0.242 e. The van der Waals surface area contributed by atoms with Crippen LogP contribution in [-0.2, 0) is 16.9 Å². The molecule has 0 saturated heterocycles. The molecule has 0 radical (unpaired) electrons. The molecule has 1 N–H and O–H groups in total. The molecule has 0 aliphatic rings. The predicted octanol–water partition coefficient (Wildman–Crippen LogP) is 1.90. The van der Waals surface area contributed by atoms with E-state index in [2.05, 4.69) is 20.6 Å². The molecule has 0 spiro atoms. The molecule has 21 heavy (non-hydrogen) atoms. The normalized spacial score (nSPS) is 11.7. The van der Waals surface area contributed by atoms with Gasteiger partial charge in [-0.05, 0) is 27.7 Å². The highest BCUT2D eigenvalue weighted by molar-refractivity contribution is 6.31. The first-order chi connectivity index (χ1) is 9.70. The maximum Gasteiger partial charge on any atom is 0.242 e. The summed E-state index contributed by atoms with van der Waals surface area (Å²) in [6.07, 6.45) is 0. The van der Waals surface area contributed by atoms with Crippen LogP contribution in [0.25, 0.3) is 0 Å². The van der Waals surface area contributed by atoms with Gasteiger partial charge in [0.25, 0.3) is 0 Å². The summed E-state index contributed by atoms with van der Waals surface area (Å²) in [6.45, 7) is 9.03. The molecular weight excluding hydrogens is 294 g/mol. The van der Waals surface area contributed by atoms with E-state index in [0.717, 1.165) is 5.69 Å². The number of aromatic nitrogens is 4. The van der Waals surface area contributed by atoms with E-state index in [1.807, 2.05) is 20.8 Å². The molecule has 0 aliphatic heterocycles. The lowest BCUT2D eigenvalue weighted by Gasteiger charge is -2.22. The summed E-state index contributed by atoms with van der Waals surface area (Å²) in [6, 6.07) is 0. The number of carbonyl (C=O) groups is 1. The first-order valence-electron chi connectivity index (χ1n) is 6.52. The molecule has 114 valence electrons. The van der Waals surface area contributed by atoms with Crippen LogP contribution in [0, 0.1) is 20.8 Å². The van der Waals surface area contributed by atoms with Gasteiger partial charge in [0, 0.05) is 6.92 Å². The number of aryl methyl sites for hydroxylation is 2. The molecule has 1 amide bonds. The second kappa shape index (κ2) is 5.48. The van der Waals surface area contributed by atoms with Crippen molar-refractivity contribution in [2.45, 2.75) is 46.7 Å². The Hall–Kier alpha value is -1.89. The highest BCUT2D eigenvalue weighted by Crippen LogP contribution is 2.19. The van der Waals surface area contributed by atoms with Crippen molar-refractivity contribution in [3.8, 4) is 0 Å². The van der Waals surface area contributed by atoms with E-state index in [1.54, 1.807) is 18.5 Å². The van der Waals surface area contributed by atoms with Gasteiger partial charge in [0.05, 0.1) is 21.9 Å². The van der Waals surface area contributed by atoms with Crippen LogP contribution in [0.3, 0.4) is 0 Å². The van der Waals surface area contributed by atoms with Crippen molar-refractivity contribution in [3.63, 3.8) is 0 Å². The third-order valence-corrected chi connectivity index (χ3v) is 3.67. The molecule has 2 aromatic rings. The van der Waals surface area contributed by atoms with Crippen molar-refractivity contribution in [2.75, 3.05) is 0 Å². The van der Waals surface area contributed by atoms with E-state index in [1.165, 1.54) is 0 Å². The summed E-state index contributed by atoms with van der Waals surface area (Å²) in [5.74, 6) is 0.683. The van der Waals surface area contributed by atoms with Crippen LogP contribution in [0.1, 0.15) is 37.0 Å². The van der Waals surface area contributed by atoms with Crippen LogP contribution in [0.4, 0.5) is 0 Å². The molecule has 2 heterocycles. The maximum absolute atomic E-state index is 12.2. The van der Waals surface area contributed by atoms with Crippen LogP contribution in [-0.4, -0.2) is 25.8 Å². The van der Waals surface area contributed by atoms with Crippen LogP contribution in [0.2, 0.25) is 5.02 Å². The van der Waals surface area contributed by atoms with Crippen LogP contribution >= 0.6 is 11.6 Å². The lowest BCUT2D eigenvalue weighted by molar-refractivity contribution is -0.123. The first kappa shape index (κ1) is 15.5. The average molecular weight is 312 g/mol. The number of rotatable bonds is 4. The predicted molar refractivity (Wildman–Crippen MR) is 76.9 cm³/mol. The largest absolute Gasteiger partial charge is 0.342 e. The van der Waals surface area contributed by atoms with E-state index in [0.29, 0.717) is 22.4 Å². The number of nitrogens with zero attached hydrogens (tertiary/aromatic N) is 4. The van der Waals surface area contributed by atoms with Gasteiger partial charge in [0.15, 0.2) is 5.82 Å². The third-order valence-electron chi connectivity index (χ3n) is 3.13. The molecule has 0 saturated carbocycles. The van der Waals surface area contributed by atoms with Crippen LogP contribution < -0.4 is 5.32 Å². The molecule has 0 bridgehead atoms. The van der Waals surface area contributed by atoms with Gasteiger partial charge in [-0.15, -0.1) is 0 Å². The lowest BCUT2D eigenvalue weighted by Crippen LogP contribution is -2.43. The molecule has 0 atom stereocenters. The van der Waals surface area contributed by atoms with Gasteiger partial charge in [-0.2, -0.15) is 10.1 Å². The summed E-state index contributed by atoms with van der Waals surface area (Å²) >= 11 is 6.07. The number of halogens is 1. The van der Waals surface area contributed by atoms with Gasteiger partial charge in [0.1, 0.15) is 6.54 Å². The fraction of sp³-hybridized carbons (Fsp3) is 0.538. The number of nitrogens with one attached hydrogen (secondary N) is 1. The van der Waals surface area contributed by atoms with E-state index < -0.39 is 5.54 Å². The van der Waals surface area contributed by atoms with Crippen molar-refractivity contribution in [1.82, 2.24) is 25.2 Å². The molecule has 0 fully saturated rings. The number of hydrogen-bond acceptors (Lipinski definition) is 5. The quantitative estimate of drug-likeness (QED) is 0.932. The molecule has 2 rings (SSSR count). The van der Waals surface area contributed by atoms with Gasteiger partial charge in [-0.25, -0.2) is 0 Å². The standard InChI is InChI=1S/C13H18ClN5O2/c1-7-11(14)8(2)19(17-7)6-10(20)16-13(4,5)12-15-9(3)21-18-12/h6H2,1-5H3,(H,16,20). The van der Waals surface area contributed by atoms with E-state index in [-0.39, 0.29) is 12.5 Å². The van der Waals surface area contributed by atoms with Crippen molar-refractivity contribution in [2.24, 2.45) is 0 Å². The zero-order chi connectivity index (χ0) is 15.8. The van der Waals surface area contributed by atoms with Gasteiger partial charge in [0.2, 0.25) is 11.8 Å². The minimum Gasteiger partial charge on any atom is -0.342 e. The lowest BCUT2D eigenvalue weighted by atomic mass is 10.1. The van der Waals surface area contributed by atoms with Gasteiger partial charge in [-0.3, -0.25) is 9.48 Å². The van der Waals surface area contributed by atoms with Crippen molar-refractivity contribution < 1.29 is 9.32 Å². The molecule has 7 nitrogen and oxygen atoms in total. The summed E-state index contributed by atoms with van der Waals surface area (Å²) < 4.78 is 6.52. The Morgan fingerprint density at radius 2 is 2.05 bits per heavy atom. The summed E-state index contributed by atoms with van der Waals surface area (Å²) in [7, 11) is 0. The molecule has 8 heteroatoms. The third kappa shape index (κ3) is 3.24. The second-order valence-electron chi connectivity index (χ2n) is 5.45. The van der Waals surface area contributed by atoms with E-state index >= 15 is 0 Å². The molecule has 0 unspecified atom stereocenters. The Labute approximate surface area is 127 Å². The number of carbonyl (C=O) groups excluding carboxylic acids is 1. The highest BCUT2D eigenvalue weighted by Gasteiger charge is 2.28. The Balaban J connectivity index is 2.09. The highest BCUT2D eigenvalue weighted by atomic mass is 35.5. The maximum atomic E-state index is 12.2. The van der Waals surface area contributed by atoms with Gasteiger partial charge in [-0.1, -0.05) is 16.8 Å². The van der Waals surface area contributed by atoms with Crippen LogP contribution in [0.15, 0.2) is 4.52 Å². The Morgan fingerprint density at radius 3 is 2.52 bits per heavy atom. The van der Waals surface area contributed by atoms with Gasteiger partial charge < -0.3 is 9.84 Å². The Bertz CT molecular complexity index is 674. The first-order valence-corrected chi connectivity index (χ1v) is 6.90. The number of hydrogen-bond donors (Lipinski definition) is 1. The average Bonchev–Trinajstić information content (AvgIpc) is 2.90. The molecule has 0 aromatic carbocycles. The van der Waals surface area contributed by atoms with E-state index in [4.69, 9.17) is 16.1 Å². The fourth-order valence-electron chi connectivity index (χ4n) is 1.96. The topological polar surface area (TPSA) is 85.8 Å². The summed E-state index contributed by atoms with van der Waals surface area (Å²) in [5.41, 5.74) is 0.738. The zero-order valence-electron chi connectivity index (χ0n) is 12.7. The summed E-state index contributed by atoms with van der Waals surface area (Å²) in [5, 5.41) is 11.5. The zero-order valence-corrected chi connectivity index (χ0v) is 13.4. The molecule has 2 aromatic heterocycles. The minimum atomic E-state index is -0.727. The second-order valence-corrected chi connectivity index (χ2v) is 5.83. The molecular formula is C13H18ClN5O2.